The van der Waals surface area contributed by atoms with Gasteiger partial charge in [-0.2, -0.15) is 0 Å². The van der Waals surface area contributed by atoms with Crippen LogP contribution in [0.25, 0.3) is 0 Å². The minimum absolute atomic E-state index is 0.199. The summed E-state index contributed by atoms with van der Waals surface area (Å²) >= 11 is 0. The first kappa shape index (κ1) is 17.8. The average Bonchev–Trinajstić information content (AvgIpc) is 2.56. The van der Waals surface area contributed by atoms with Gasteiger partial charge in [-0.15, -0.1) is 0 Å². The minimum Gasteiger partial charge on any atom is -0.507 e. The Bertz CT molecular complexity index is 569. The predicted molar refractivity (Wildman–Crippen MR) is 93.4 cm³/mol. The number of hydrogen-bond acceptors (Lipinski definition) is 3. The van der Waals surface area contributed by atoms with E-state index in [0.717, 1.165) is 17.5 Å². The number of aryl methyl sites for hydroxylation is 1. The quantitative estimate of drug-likeness (QED) is 0.832. The predicted octanol–water partition coefficient (Wildman–Crippen LogP) is 4.40. The Morgan fingerprint density at radius 2 is 1.82 bits per heavy atom. The van der Waals surface area contributed by atoms with Crippen LogP contribution in [0.15, 0.2) is 47.5 Å². The number of methoxy groups -OCH3 is 1. The Labute approximate surface area is 133 Å². The summed E-state index contributed by atoms with van der Waals surface area (Å²) in [7, 11) is 1.59. The summed E-state index contributed by atoms with van der Waals surface area (Å²) < 4.78 is 5.11. The molecule has 0 saturated carbocycles. The fraction of sp³-hybridized carbons (Fsp3) is 0.316. The number of phenols is 1. The Kier molecular flexibility index (Phi) is 7.76. The lowest BCUT2D eigenvalue weighted by molar-refractivity contribution is 0.407. The van der Waals surface area contributed by atoms with Crippen LogP contribution in [0.3, 0.4) is 0 Å². The first-order valence-electron chi connectivity index (χ1n) is 7.62. The fourth-order valence-corrected chi connectivity index (χ4v) is 2.03. The highest BCUT2D eigenvalue weighted by Crippen LogP contribution is 2.25. The Hall–Kier alpha value is -2.29. The molecule has 22 heavy (non-hydrogen) atoms. The Balaban J connectivity index is 0.00000116. The van der Waals surface area contributed by atoms with Crippen LogP contribution in [0, 0.1) is 6.92 Å². The van der Waals surface area contributed by atoms with Crippen LogP contribution in [-0.2, 0) is 6.42 Å². The molecule has 0 fully saturated rings. The zero-order valence-electron chi connectivity index (χ0n) is 13.8. The number of aromatic hydroxyl groups is 1. The largest absolute Gasteiger partial charge is 0.507 e. The smallest absolute Gasteiger partial charge is 0.128 e. The van der Waals surface area contributed by atoms with Crippen LogP contribution >= 0.6 is 0 Å². The van der Waals surface area contributed by atoms with Crippen LogP contribution in [0.2, 0.25) is 0 Å². The number of benzene rings is 2. The van der Waals surface area contributed by atoms with E-state index in [4.69, 9.17) is 4.74 Å². The van der Waals surface area contributed by atoms with Gasteiger partial charge in [-0.05, 0) is 30.5 Å². The van der Waals surface area contributed by atoms with Crippen molar-refractivity contribution in [1.82, 2.24) is 0 Å². The second-order valence-electron chi connectivity index (χ2n) is 4.65. The third kappa shape index (κ3) is 5.24. The van der Waals surface area contributed by atoms with Crippen molar-refractivity contribution in [1.29, 1.82) is 0 Å². The van der Waals surface area contributed by atoms with Crippen molar-refractivity contribution in [3.8, 4) is 11.5 Å². The summed E-state index contributed by atoms with van der Waals surface area (Å²) in [4.78, 5) is 4.39. The van der Waals surface area contributed by atoms with E-state index in [-0.39, 0.29) is 5.75 Å². The van der Waals surface area contributed by atoms with E-state index in [1.165, 1.54) is 5.56 Å². The molecule has 118 valence electrons. The molecule has 2 aromatic carbocycles. The molecule has 2 aromatic rings. The third-order valence-corrected chi connectivity index (χ3v) is 3.17. The van der Waals surface area contributed by atoms with Gasteiger partial charge in [-0.3, -0.25) is 4.99 Å². The van der Waals surface area contributed by atoms with Crippen molar-refractivity contribution in [3.63, 3.8) is 0 Å². The summed E-state index contributed by atoms with van der Waals surface area (Å²) in [6, 6.07) is 13.7. The van der Waals surface area contributed by atoms with Gasteiger partial charge in [0, 0.05) is 24.4 Å². The van der Waals surface area contributed by atoms with E-state index in [0.29, 0.717) is 12.3 Å². The second kappa shape index (κ2) is 9.61. The molecule has 0 aliphatic heterocycles. The molecule has 0 heterocycles. The molecule has 2 rings (SSSR count). The number of ether oxygens (including phenoxy) is 1. The Morgan fingerprint density at radius 3 is 2.41 bits per heavy atom. The van der Waals surface area contributed by atoms with Crippen LogP contribution in [-0.4, -0.2) is 25.0 Å². The van der Waals surface area contributed by atoms with E-state index < -0.39 is 0 Å². The molecule has 0 spiro atoms. The van der Waals surface area contributed by atoms with Crippen molar-refractivity contribution >= 4 is 6.21 Å². The average molecular weight is 299 g/mol. The van der Waals surface area contributed by atoms with Gasteiger partial charge in [-0.25, -0.2) is 0 Å². The van der Waals surface area contributed by atoms with Gasteiger partial charge in [0.15, 0.2) is 0 Å². The summed E-state index contributed by atoms with van der Waals surface area (Å²) in [6.45, 7) is 6.63. The Morgan fingerprint density at radius 1 is 1.14 bits per heavy atom. The highest BCUT2D eigenvalue weighted by Gasteiger charge is 2.05. The monoisotopic (exact) mass is 299 g/mol. The maximum absolute atomic E-state index is 9.95. The molecule has 0 saturated heterocycles. The van der Waals surface area contributed by atoms with Crippen molar-refractivity contribution in [2.24, 2.45) is 4.99 Å². The van der Waals surface area contributed by atoms with Crippen LogP contribution < -0.4 is 4.74 Å². The molecule has 1 N–H and O–H groups in total. The van der Waals surface area contributed by atoms with Crippen molar-refractivity contribution in [2.45, 2.75) is 27.2 Å². The van der Waals surface area contributed by atoms with Gasteiger partial charge in [0.1, 0.15) is 11.5 Å². The van der Waals surface area contributed by atoms with E-state index in [2.05, 4.69) is 17.1 Å². The van der Waals surface area contributed by atoms with E-state index >= 15 is 0 Å². The number of nitrogens with zero attached hydrogens (tertiary/aromatic N) is 1. The fourth-order valence-electron chi connectivity index (χ4n) is 2.03. The second-order valence-corrected chi connectivity index (χ2v) is 4.65. The number of aliphatic imine (C=N–C) groups is 1. The highest BCUT2D eigenvalue weighted by molar-refractivity contribution is 5.85. The summed E-state index contributed by atoms with van der Waals surface area (Å²) in [5.41, 5.74) is 2.96. The lowest BCUT2D eigenvalue weighted by Gasteiger charge is -2.07. The van der Waals surface area contributed by atoms with Crippen LogP contribution in [0.4, 0.5) is 0 Å². The molecule has 0 amide bonds. The number of phenolic OH excluding ortho intramolecular Hbond substituents is 1. The summed E-state index contributed by atoms with van der Waals surface area (Å²) in [6.07, 6.45) is 2.63. The molecule has 3 nitrogen and oxygen atoms in total. The molecular weight excluding hydrogens is 274 g/mol. The molecule has 0 aromatic heterocycles. The molecule has 0 aliphatic carbocycles. The minimum atomic E-state index is 0.199. The molecule has 3 heteroatoms. The topological polar surface area (TPSA) is 41.8 Å². The molecule has 0 aliphatic rings. The first-order chi connectivity index (χ1) is 10.7. The van der Waals surface area contributed by atoms with Crippen molar-refractivity contribution in [3.05, 3.63) is 59.2 Å². The third-order valence-electron chi connectivity index (χ3n) is 3.17. The normalized spacial score (nSPS) is 10.2. The maximum Gasteiger partial charge on any atom is 0.128 e. The number of rotatable bonds is 5. The highest BCUT2D eigenvalue weighted by atomic mass is 16.5. The molecular formula is C19H25NO2. The molecule has 0 radical (unpaired) electrons. The molecule has 0 unspecified atom stereocenters. The van der Waals surface area contributed by atoms with Crippen LogP contribution in [0.5, 0.6) is 11.5 Å². The zero-order chi connectivity index (χ0) is 16.4. The SMILES string of the molecule is CC.COc1cc(C)c(C=NCCc2ccccc2)c(O)c1. The van der Waals surface area contributed by atoms with Gasteiger partial charge in [0.25, 0.3) is 0 Å². The van der Waals surface area contributed by atoms with E-state index in [1.807, 2.05) is 45.0 Å². The zero-order valence-corrected chi connectivity index (χ0v) is 13.8. The van der Waals surface area contributed by atoms with Gasteiger partial charge < -0.3 is 9.84 Å². The summed E-state index contributed by atoms with van der Waals surface area (Å²) in [5, 5.41) is 9.95. The van der Waals surface area contributed by atoms with E-state index in [1.54, 1.807) is 19.4 Å². The first-order valence-corrected chi connectivity index (χ1v) is 7.62. The number of hydrogen-bond donors (Lipinski definition) is 1. The molecule has 0 bridgehead atoms. The maximum atomic E-state index is 9.95. The lowest BCUT2D eigenvalue weighted by atomic mass is 10.1. The van der Waals surface area contributed by atoms with Gasteiger partial charge in [0.05, 0.1) is 7.11 Å². The van der Waals surface area contributed by atoms with Gasteiger partial charge in [-0.1, -0.05) is 44.2 Å². The standard InChI is InChI=1S/C17H19NO2.C2H6/c1-13-10-15(20-2)11-17(19)16(13)12-18-9-8-14-6-4-3-5-7-14;1-2/h3-7,10-12,19H,8-9H2,1-2H3;1-2H3. The lowest BCUT2D eigenvalue weighted by Crippen LogP contribution is -1.94. The van der Waals surface area contributed by atoms with Gasteiger partial charge >= 0.3 is 0 Å². The van der Waals surface area contributed by atoms with E-state index in [9.17, 15) is 5.11 Å². The van der Waals surface area contributed by atoms with Gasteiger partial charge in [0.2, 0.25) is 0 Å². The van der Waals surface area contributed by atoms with Crippen LogP contribution in [0.1, 0.15) is 30.5 Å². The van der Waals surface area contributed by atoms with Crippen molar-refractivity contribution in [2.75, 3.05) is 13.7 Å². The summed E-state index contributed by atoms with van der Waals surface area (Å²) in [5.74, 6) is 0.853. The van der Waals surface area contributed by atoms with Crippen molar-refractivity contribution < 1.29 is 9.84 Å². The molecule has 0 atom stereocenters.